The first-order chi connectivity index (χ1) is 10.8. The molecule has 3 heteroatoms. The first kappa shape index (κ1) is 13.4. The lowest BCUT2D eigenvalue weighted by Crippen LogP contribution is -1.95. The summed E-state index contributed by atoms with van der Waals surface area (Å²) in [6, 6.07) is 12.5. The number of pyridine rings is 2. The van der Waals surface area contributed by atoms with Crippen LogP contribution in [0.4, 0.5) is 0 Å². The van der Waals surface area contributed by atoms with Gasteiger partial charge >= 0.3 is 0 Å². The van der Waals surface area contributed by atoms with Crippen molar-refractivity contribution in [2.75, 3.05) is 0 Å². The Labute approximate surface area is 129 Å². The highest BCUT2D eigenvalue weighted by Crippen LogP contribution is 2.40. The molecule has 0 unspecified atom stereocenters. The number of rotatable bonds is 4. The van der Waals surface area contributed by atoms with Crippen molar-refractivity contribution in [3.05, 3.63) is 71.2 Å². The Morgan fingerprint density at radius 1 is 1.00 bits per heavy atom. The van der Waals surface area contributed by atoms with Crippen LogP contribution < -0.4 is 0 Å². The third-order valence-corrected chi connectivity index (χ3v) is 4.26. The van der Waals surface area contributed by atoms with E-state index in [-0.39, 0.29) is 6.61 Å². The average Bonchev–Trinajstić information content (AvgIpc) is 3.39. The molecular weight excluding hydrogens is 272 g/mol. The van der Waals surface area contributed by atoms with Crippen LogP contribution in [-0.4, -0.2) is 15.1 Å². The highest BCUT2D eigenvalue weighted by molar-refractivity contribution is 5.80. The zero-order chi connectivity index (χ0) is 14.9. The van der Waals surface area contributed by atoms with Gasteiger partial charge < -0.3 is 5.11 Å². The standard InChI is InChI=1S/C19H18N2O/c22-12-14-5-6-20-18(9-14)8-13-1-4-19-16(7-13)10-17(11-21-19)15-2-3-15/h1,4-7,9-11,15,22H,2-3,8,12H2. The third kappa shape index (κ3) is 2.72. The van der Waals surface area contributed by atoms with E-state index in [4.69, 9.17) is 0 Å². The molecule has 1 saturated carbocycles. The molecule has 3 nitrogen and oxygen atoms in total. The van der Waals surface area contributed by atoms with Gasteiger partial charge in [-0.15, -0.1) is 0 Å². The largest absolute Gasteiger partial charge is 0.392 e. The van der Waals surface area contributed by atoms with Gasteiger partial charge in [-0.2, -0.15) is 0 Å². The molecule has 0 aliphatic heterocycles. The van der Waals surface area contributed by atoms with Crippen LogP contribution in [0.5, 0.6) is 0 Å². The normalized spacial score (nSPS) is 14.4. The van der Waals surface area contributed by atoms with Gasteiger partial charge in [0.25, 0.3) is 0 Å². The van der Waals surface area contributed by atoms with Crippen LogP contribution in [0.25, 0.3) is 10.9 Å². The summed E-state index contributed by atoms with van der Waals surface area (Å²) in [6.45, 7) is 0.0574. The number of fused-ring (bicyclic) bond motifs is 1. The first-order valence-electron chi connectivity index (χ1n) is 7.75. The highest BCUT2D eigenvalue weighted by Gasteiger charge is 2.23. The Morgan fingerprint density at radius 2 is 1.91 bits per heavy atom. The molecule has 2 heterocycles. The van der Waals surface area contributed by atoms with E-state index < -0.39 is 0 Å². The average molecular weight is 290 g/mol. The Balaban J connectivity index is 1.65. The zero-order valence-corrected chi connectivity index (χ0v) is 12.4. The highest BCUT2D eigenvalue weighted by atomic mass is 16.3. The fraction of sp³-hybridized carbons (Fsp3) is 0.263. The van der Waals surface area contributed by atoms with Gasteiger partial charge in [0.15, 0.2) is 0 Å². The summed E-state index contributed by atoms with van der Waals surface area (Å²) in [5, 5.41) is 10.4. The molecule has 0 radical (unpaired) electrons. The predicted octanol–water partition coefficient (Wildman–Crippen LogP) is 3.59. The van der Waals surface area contributed by atoms with Crippen molar-refractivity contribution in [2.45, 2.75) is 31.8 Å². The van der Waals surface area contributed by atoms with E-state index in [2.05, 4.69) is 34.2 Å². The molecule has 0 spiro atoms. The molecule has 3 aromatic rings. The lowest BCUT2D eigenvalue weighted by atomic mass is 10.0. The van der Waals surface area contributed by atoms with Gasteiger partial charge in [0.1, 0.15) is 0 Å². The van der Waals surface area contributed by atoms with Gasteiger partial charge in [-0.3, -0.25) is 9.97 Å². The van der Waals surface area contributed by atoms with Crippen LogP contribution in [-0.2, 0) is 13.0 Å². The minimum Gasteiger partial charge on any atom is -0.392 e. The Kier molecular flexibility index (Phi) is 3.35. The molecule has 110 valence electrons. The smallest absolute Gasteiger partial charge is 0.0702 e. The van der Waals surface area contributed by atoms with E-state index >= 15 is 0 Å². The fourth-order valence-electron chi connectivity index (χ4n) is 2.88. The summed E-state index contributed by atoms with van der Waals surface area (Å²) >= 11 is 0. The maximum absolute atomic E-state index is 9.22. The monoisotopic (exact) mass is 290 g/mol. The van der Waals surface area contributed by atoms with Crippen LogP contribution >= 0.6 is 0 Å². The van der Waals surface area contributed by atoms with Crippen LogP contribution in [0.3, 0.4) is 0 Å². The molecule has 4 rings (SSSR count). The van der Waals surface area contributed by atoms with Crippen molar-refractivity contribution in [1.29, 1.82) is 0 Å². The second-order valence-electron chi connectivity index (χ2n) is 6.06. The van der Waals surface area contributed by atoms with Gasteiger partial charge in [0.05, 0.1) is 12.1 Å². The molecule has 1 aliphatic carbocycles. The van der Waals surface area contributed by atoms with E-state index in [1.807, 2.05) is 18.3 Å². The minimum absolute atomic E-state index is 0.0574. The summed E-state index contributed by atoms with van der Waals surface area (Å²) in [7, 11) is 0. The molecule has 2 aromatic heterocycles. The van der Waals surface area contributed by atoms with Gasteiger partial charge in [-0.1, -0.05) is 6.07 Å². The summed E-state index contributed by atoms with van der Waals surface area (Å²) in [5.41, 5.74) is 5.53. The molecule has 1 N–H and O–H groups in total. The van der Waals surface area contributed by atoms with E-state index in [9.17, 15) is 5.11 Å². The molecule has 1 aromatic carbocycles. The maximum Gasteiger partial charge on any atom is 0.0702 e. The van der Waals surface area contributed by atoms with Crippen LogP contribution in [0.1, 0.15) is 41.1 Å². The molecule has 0 amide bonds. The van der Waals surface area contributed by atoms with Crippen molar-refractivity contribution in [3.8, 4) is 0 Å². The van der Waals surface area contributed by atoms with Gasteiger partial charge in [0.2, 0.25) is 0 Å². The molecule has 22 heavy (non-hydrogen) atoms. The van der Waals surface area contributed by atoms with E-state index in [0.717, 1.165) is 29.1 Å². The van der Waals surface area contributed by atoms with E-state index in [1.54, 1.807) is 6.20 Å². The SMILES string of the molecule is OCc1ccnc(Cc2ccc3ncc(C4CC4)cc3c2)c1. The molecule has 0 atom stereocenters. The van der Waals surface area contributed by atoms with Crippen LogP contribution in [0.2, 0.25) is 0 Å². The lowest BCUT2D eigenvalue weighted by Gasteiger charge is -2.06. The topological polar surface area (TPSA) is 46.0 Å². The van der Waals surface area contributed by atoms with E-state index in [1.165, 1.54) is 29.4 Å². The number of hydrogen-bond donors (Lipinski definition) is 1. The number of aromatic nitrogens is 2. The van der Waals surface area contributed by atoms with Crippen molar-refractivity contribution in [1.82, 2.24) is 9.97 Å². The van der Waals surface area contributed by atoms with Gasteiger partial charge in [-0.05, 0) is 65.8 Å². The Bertz CT molecular complexity index is 825. The van der Waals surface area contributed by atoms with E-state index in [0.29, 0.717) is 0 Å². The summed E-state index contributed by atoms with van der Waals surface area (Å²) in [4.78, 5) is 8.96. The lowest BCUT2D eigenvalue weighted by molar-refractivity contribution is 0.281. The third-order valence-electron chi connectivity index (χ3n) is 4.26. The number of aliphatic hydroxyl groups excluding tert-OH is 1. The van der Waals surface area contributed by atoms with Gasteiger partial charge in [-0.25, -0.2) is 0 Å². The minimum atomic E-state index is 0.0574. The van der Waals surface area contributed by atoms with Crippen molar-refractivity contribution in [3.63, 3.8) is 0 Å². The molecule has 0 bridgehead atoms. The molecule has 0 saturated heterocycles. The van der Waals surface area contributed by atoms with Crippen molar-refractivity contribution in [2.24, 2.45) is 0 Å². The molecule has 1 aliphatic rings. The van der Waals surface area contributed by atoms with Crippen molar-refractivity contribution >= 4 is 10.9 Å². The number of nitrogens with zero attached hydrogens (tertiary/aromatic N) is 2. The number of benzene rings is 1. The molecular formula is C19H18N2O. The van der Waals surface area contributed by atoms with Gasteiger partial charge in [0, 0.05) is 29.9 Å². The summed E-state index contributed by atoms with van der Waals surface area (Å²) in [6.07, 6.45) is 7.15. The zero-order valence-electron chi connectivity index (χ0n) is 12.4. The first-order valence-corrected chi connectivity index (χ1v) is 7.75. The maximum atomic E-state index is 9.22. The van der Waals surface area contributed by atoms with Crippen LogP contribution in [0, 0.1) is 0 Å². The van der Waals surface area contributed by atoms with Crippen molar-refractivity contribution < 1.29 is 5.11 Å². The number of hydrogen-bond acceptors (Lipinski definition) is 3. The Morgan fingerprint density at radius 3 is 2.73 bits per heavy atom. The molecule has 1 fully saturated rings. The summed E-state index contributed by atoms with van der Waals surface area (Å²) < 4.78 is 0. The predicted molar refractivity (Wildman–Crippen MR) is 86.7 cm³/mol. The van der Waals surface area contributed by atoms with Crippen LogP contribution in [0.15, 0.2) is 48.8 Å². The fourth-order valence-corrected chi connectivity index (χ4v) is 2.88. The summed E-state index contributed by atoms with van der Waals surface area (Å²) in [5.74, 6) is 0.725. The Hall–Kier alpha value is -2.26. The second kappa shape index (κ2) is 5.50. The number of aliphatic hydroxyl groups is 1. The quantitative estimate of drug-likeness (QED) is 0.798. The second-order valence-corrected chi connectivity index (χ2v) is 6.06.